The predicted molar refractivity (Wildman–Crippen MR) is 200 cm³/mol. The van der Waals surface area contributed by atoms with Gasteiger partial charge in [0.05, 0.1) is 11.4 Å². The monoisotopic (exact) mass is 627 g/mol. The van der Waals surface area contributed by atoms with Gasteiger partial charge in [-0.15, -0.1) is 0 Å². The molecule has 0 spiro atoms. The number of benzene rings is 7. The summed E-state index contributed by atoms with van der Waals surface area (Å²) in [5.74, 6) is 1.33. The summed E-state index contributed by atoms with van der Waals surface area (Å²) in [7, 11) is 0. The summed E-state index contributed by atoms with van der Waals surface area (Å²) in [4.78, 5) is 14.9. The molecule has 2 heterocycles. The summed E-state index contributed by atoms with van der Waals surface area (Å²) in [6, 6.07) is 60.6. The molecule has 0 aliphatic carbocycles. The number of rotatable bonds is 6. The lowest BCUT2D eigenvalue weighted by Crippen LogP contribution is -1.96. The van der Waals surface area contributed by atoms with E-state index < -0.39 is 0 Å². The lowest BCUT2D eigenvalue weighted by molar-refractivity contribution is 0.620. The van der Waals surface area contributed by atoms with Crippen molar-refractivity contribution < 1.29 is 4.42 Å². The Hall–Kier alpha value is -6.65. The van der Waals surface area contributed by atoms with Gasteiger partial charge >= 0.3 is 0 Å². The Balaban J connectivity index is 1.07. The first-order valence-electron chi connectivity index (χ1n) is 16.3. The summed E-state index contributed by atoms with van der Waals surface area (Å²) >= 11 is 0. The lowest BCUT2D eigenvalue weighted by Gasteiger charge is -2.11. The standard InChI is InChI=1S/C45H29N3O/c1-4-10-30(11-5-1)31-16-18-33(19-17-31)44-46-40(32-12-6-2-7-13-32)29-41(47-44)39-23-22-35-26-36(20-21-37(35)27-39)38-24-25-43-42(28-38)48-45(49-43)34-14-8-3-9-15-34/h1-29H. The zero-order valence-electron chi connectivity index (χ0n) is 26.5. The SMILES string of the molecule is c1ccc(-c2ccc(-c3nc(-c4ccccc4)cc(-c4ccc5cc(-c6ccc7oc(-c8ccccc8)nc7c6)ccc5c4)n3)cc2)cc1. The van der Waals surface area contributed by atoms with Gasteiger partial charge in [0, 0.05) is 22.3 Å². The number of aromatic nitrogens is 3. The van der Waals surface area contributed by atoms with E-state index in [1.165, 1.54) is 5.56 Å². The lowest BCUT2D eigenvalue weighted by atomic mass is 9.98. The summed E-state index contributed by atoms with van der Waals surface area (Å²) in [6.07, 6.45) is 0. The van der Waals surface area contributed by atoms with Crippen molar-refractivity contribution >= 4 is 21.9 Å². The molecule has 49 heavy (non-hydrogen) atoms. The molecular formula is C45H29N3O. The maximum atomic E-state index is 6.05. The molecule has 4 nitrogen and oxygen atoms in total. The fourth-order valence-electron chi connectivity index (χ4n) is 6.32. The third-order valence-corrected chi connectivity index (χ3v) is 8.92. The smallest absolute Gasteiger partial charge is 0.227 e. The Morgan fingerprint density at radius 2 is 0.816 bits per heavy atom. The van der Waals surface area contributed by atoms with Crippen molar-refractivity contribution in [2.24, 2.45) is 0 Å². The number of nitrogens with zero attached hydrogens (tertiary/aromatic N) is 3. The Labute approximate surface area is 284 Å². The fourth-order valence-corrected chi connectivity index (χ4v) is 6.32. The third kappa shape index (κ3) is 5.66. The fraction of sp³-hybridized carbons (Fsp3) is 0. The van der Waals surface area contributed by atoms with Crippen LogP contribution in [0.15, 0.2) is 180 Å². The Morgan fingerprint density at radius 1 is 0.327 bits per heavy atom. The molecule has 0 amide bonds. The van der Waals surface area contributed by atoms with Crippen LogP contribution in [0, 0.1) is 0 Å². The van der Waals surface area contributed by atoms with Crippen molar-refractivity contribution in [2.75, 3.05) is 0 Å². The number of fused-ring (bicyclic) bond motifs is 2. The molecule has 0 radical (unpaired) electrons. The third-order valence-electron chi connectivity index (χ3n) is 8.92. The van der Waals surface area contributed by atoms with Crippen LogP contribution in [0.25, 0.3) is 89.5 Å². The van der Waals surface area contributed by atoms with E-state index in [4.69, 9.17) is 19.4 Å². The van der Waals surface area contributed by atoms with E-state index in [0.29, 0.717) is 11.7 Å². The molecule has 0 aliphatic heterocycles. The Kier molecular flexibility index (Phi) is 7.10. The molecule has 0 atom stereocenters. The van der Waals surface area contributed by atoms with Crippen LogP contribution < -0.4 is 0 Å². The molecule has 0 fully saturated rings. The molecule has 0 bridgehead atoms. The largest absolute Gasteiger partial charge is 0.436 e. The van der Waals surface area contributed by atoms with Crippen molar-refractivity contribution in [1.29, 1.82) is 0 Å². The van der Waals surface area contributed by atoms with Gasteiger partial charge in [-0.1, -0.05) is 133 Å². The van der Waals surface area contributed by atoms with E-state index in [-0.39, 0.29) is 0 Å². The van der Waals surface area contributed by atoms with Crippen molar-refractivity contribution in [1.82, 2.24) is 15.0 Å². The zero-order valence-corrected chi connectivity index (χ0v) is 26.5. The molecule has 0 unspecified atom stereocenters. The van der Waals surface area contributed by atoms with Crippen molar-refractivity contribution in [3.05, 3.63) is 176 Å². The molecule has 2 aromatic heterocycles. The van der Waals surface area contributed by atoms with Gasteiger partial charge < -0.3 is 4.42 Å². The second-order valence-corrected chi connectivity index (χ2v) is 12.1. The molecule has 4 heteroatoms. The minimum atomic E-state index is 0.631. The van der Waals surface area contributed by atoms with Crippen molar-refractivity contribution in [3.8, 4) is 67.6 Å². The highest BCUT2D eigenvalue weighted by Gasteiger charge is 2.13. The van der Waals surface area contributed by atoms with E-state index in [0.717, 1.165) is 72.2 Å². The first-order chi connectivity index (χ1) is 24.2. The van der Waals surface area contributed by atoms with Crippen LogP contribution in [-0.4, -0.2) is 15.0 Å². The summed E-state index contributed by atoms with van der Waals surface area (Å²) in [6.45, 7) is 0. The normalized spacial score (nSPS) is 11.3. The quantitative estimate of drug-likeness (QED) is 0.184. The van der Waals surface area contributed by atoms with Crippen LogP contribution >= 0.6 is 0 Å². The maximum Gasteiger partial charge on any atom is 0.227 e. The summed E-state index contributed by atoms with van der Waals surface area (Å²) in [5, 5.41) is 2.30. The predicted octanol–water partition coefficient (Wildman–Crippen LogP) is 11.8. The summed E-state index contributed by atoms with van der Waals surface area (Å²) < 4.78 is 6.05. The first-order valence-corrected chi connectivity index (χ1v) is 16.3. The van der Waals surface area contributed by atoms with Gasteiger partial charge in [0.2, 0.25) is 5.89 Å². The average Bonchev–Trinajstić information content (AvgIpc) is 3.62. The van der Waals surface area contributed by atoms with Crippen molar-refractivity contribution in [3.63, 3.8) is 0 Å². The van der Waals surface area contributed by atoms with Crippen LogP contribution in [0.2, 0.25) is 0 Å². The molecule has 0 N–H and O–H groups in total. The number of hydrogen-bond acceptors (Lipinski definition) is 4. The molecule has 0 aliphatic rings. The minimum Gasteiger partial charge on any atom is -0.436 e. The second kappa shape index (κ2) is 12.2. The second-order valence-electron chi connectivity index (χ2n) is 12.1. The van der Waals surface area contributed by atoms with E-state index in [2.05, 4.69) is 115 Å². The molecule has 230 valence electrons. The molecule has 9 aromatic rings. The Bertz CT molecular complexity index is 2580. The van der Waals surface area contributed by atoms with Gasteiger partial charge in [-0.05, 0) is 75.5 Å². The molecular weight excluding hydrogens is 599 g/mol. The van der Waals surface area contributed by atoms with Crippen LogP contribution in [0.1, 0.15) is 0 Å². The van der Waals surface area contributed by atoms with Gasteiger partial charge in [0.25, 0.3) is 0 Å². The summed E-state index contributed by atoms with van der Waals surface area (Å²) in [5.41, 5.74) is 12.0. The van der Waals surface area contributed by atoms with Crippen LogP contribution in [0.4, 0.5) is 0 Å². The molecule has 0 saturated carbocycles. The molecule has 9 rings (SSSR count). The molecule has 0 saturated heterocycles. The van der Waals surface area contributed by atoms with Crippen molar-refractivity contribution in [2.45, 2.75) is 0 Å². The van der Waals surface area contributed by atoms with Gasteiger partial charge in [0.1, 0.15) is 5.52 Å². The van der Waals surface area contributed by atoms with Crippen LogP contribution in [0.3, 0.4) is 0 Å². The van der Waals surface area contributed by atoms with Crippen LogP contribution in [-0.2, 0) is 0 Å². The highest BCUT2D eigenvalue weighted by atomic mass is 16.3. The highest BCUT2D eigenvalue weighted by molar-refractivity contribution is 5.92. The van der Waals surface area contributed by atoms with E-state index >= 15 is 0 Å². The van der Waals surface area contributed by atoms with E-state index in [1.54, 1.807) is 0 Å². The Morgan fingerprint density at radius 3 is 1.51 bits per heavy atom. The van der Waals surface area contributed by atoms with Gasteiger partial charge in [0.15, 0.2) is 11.4 Å². The van der Waals surface area contributed by atoms with Gasteiger partial charge in [-0.2, -0.15) is 0 Å². The topological polar surface area (TPSA) is 51.8 Å². The maximum absolute atomic E-state index is 6.05. The first kappa shape index (κ1) is 28.6. The van der Waals surface area contributed by atoms with E-state index in [1.807, 2.05) is 60.7 Å². The van der Waals surface area contributed by atoms with Gasteiger partial charge in [-0.3, -0.25) is 0 Å². The minimum absolute atomic E-state index is 0.631. The highest BCUT2D eigenvalue weighted by Crippen LogP contribution is 2.33. The van der Waals surface area contributed by atoms with Gasteiger partial charge in [-0.25, -0.2) is 15.0 Å². The van der Waals surface area contributed by atoms with Crippen LogP contribution in [0.5, 0.6) is 0 Å². The zero-order chi connectivity index (χ0) is 32.6. The van der Waals surface area contributed by atoms with E-state index in [9.17, 15) is 0 Å². The molecule has 7 aromatic carbocycles. The number of hydrogen-bond donors (Lipinski definition) is 0. The average molecular weight is 628 g/mol. The number of oxazole rings is 1.